The van der Waals surface area contributed by atoms with Crippen LogP contribution in [0.2, 0.25) is 0 Å². The van der Waals surface area contributed by atoms with E-state index in [0.29, 0.717) is 11.8 Å². The fourth-order valence-electron chi connectivity index (χ4n) is 3.13. The van der Waals surface area contributed by atoms with E-state index >= 15 is 0 Å². The normalized spacial score (nSPS) is 11.3. The monoisotopic (exact) mass is 380 g/mol. The summed E-state index contributed by atoms with van der Waals surface area (Å²) in [4.78, 5) is 0. The Kier molecular flexibility index (Phi) is 11.2. The van der Waals surface area contributed by atoms with Gasteiger partial charge in [0.25, 0.3) is 0 Å². The Labute approximate surface area is 175 Å². The number of aryl methyl sites for hydroxylation is 2. The molecular formula is C28H44. The molecule has 0 aliphatic rings. The van der Waals surface area contributed by atoms with Gasteiger partial charge in [-0.05, 0) is 71.6 Å². The molecule has 2 aromatic rings. The predicted octanol–water partition coefficient (Wildman–Crippen LogP) is 8.80. The van der Waals surface area contributed by atoms with Crippen LogP contribution >= 0.6 is 0 Å². The Morgan fingerprint density at radius 3 is 1.18 bits per heavy atom. The molecule has 0 fully saturated rings. The second kappa shape index (κ2) is 12.8. The summed E-state index contributed by atoms with van der Waals surface area (Å²) in [5.74, 6) is 2.90. The lowest BCUT2D eigenvalue weighted by Crippen LogP contribution is -1.94. The van der Waals surface area contributed by atoms with Gasteiger partial charge in [0, 0.05) is 0 Å². The summed E-state index contributed by atoms with van der Waals surface area (Å²) in [6.07, 6.45) is 5.03. The molecule has 0 atom stereocenters. The smallest absolute Gasteiger partial charge is 0.0219 e. The lowest BCUT2D eigenvalue weighted by molar-refractivity contribution is 0.586. The lowest BCUT2D eigenvalue weighted by Gasteiger charge is -2.09. The molecule has 0 saturated carbocycles. The quantitative estimate of drug-likeness (QED) is 0.429. The van der Waals surface area contributed by atoms with Gasteiger partial charge >= 0.3 is 0 Å². The van der Waals surface area contributed by atoms with Crippen molar-refractivity contribution in [3.63, 3.8) is 0 Å². The molecule has 0 unspecified atom stereocenters. The van der Waals surface area contributed by atoms with Gasteiger partial charge in [0.05, 0.1) is 0 Å². The Balaban J connectivity index is 0.000000280. The third-order valence-electron chi connectivity index (χ3n) is 5.26. The first kappa shape index (κ1) is 24.5. The van der Waals surface area contributed by atoms with E-state index in [9.17, 15) is 0 Å². The van der Waals surface area contributed by atoms with Crippen LogP contribution in [0.25, 0.3) is 0 Å². The van der Waals surface area contributed by atoms with Gasteiger partial charge in [0.15, 0.2) is 0 Å². The summed E-state index contributed by atoms with van der Waals surface area (Å²) >= 11 is 0. The van der Waals surface area contributed by atoms with Crippen molar-refractivity contribution in [2.45, 2.75) is 92.9 Å². The van der Waals surface area contributed by atoms with Gasteiger partial charge < -0.3 is 0 Å². The number of rotatable bonds is 8. The summed E-state index contributed by atoms with van der Waals surface area (Å²) in [6.45, 7) is 18.1. The largest absolute Gasteiger partial charge is 0.0628 e. The lowest BCUT2D eigenvalue weighted by atomic mass is 9.97. The average molecular weight is 381 g/mol. The van der Waals surface area contributed by atoms with Crippen molar-refractivity contribution in [1.82, 2.24) is 0 Å². The van der Waals surface area contributed by atoms with Crippen molar-refractivity contribution < 1.29 is 0 Å². The van der Waals surface area contributed by atoms with E-state index in [1.54, 1.807) is 0 Å². The van der Waals surface area contributed by atoms with Gasteiger partial charge in [-0.25, -0.2) is 0 Å². The molecule has 2 rings (SSSR count). The molecule has 0 aromatic heterocycles. The van der Waals surface area contributed by atoms with Gasteiger partial charge in [0.2, 0.25) is 0 Å². The summed E-state index contributed by atoms with van der Waals surface area (Å²) in [7, 11) is 0. The highest BCUT2D eigenvalue weighted by molar-refractivity contribution is 5.26. The van der Waals surface area contributed by atoms with Crippen LogP contribution in [0, 0.1) is 11.8 Å². The van der Waals surface area contributed by atoms with Crippen molar-refractivity contribution in [1.29, 1.82) is 0 Å². The van der Waals surface area contributed by atoms with E-state index in [0.717, 1.165) is 11.8 Å². The van der Waals surface area contributed by atoms with Crippen molar-refractivity contribution in [2.24, 2.45) is 11.8 Å². The van der Waals surface area contributed by atoms with Crippen LogP contribution in [0.5, 0.6) is 0 Å². The maximum atomic E-state index is 2.35. The van der Waals surface area contributed by atoms with Crippen LogP contribution in [-0.4, -0.2) is 0 Å². The number of hydrogen-bond acceptors (Lipinski definition) is 0. The summed E-state index contributed by atoms with van der Waals surface area (Å²) in [5.41, 5.74) is 5.91. The zero-order chi connectivity index (χ0) is 21.1. The van der Waals surface area contributed by atoms with Crippen LogP contribution < -0.4 is 0 Å². The van der Waals surface area contributed by atoms with E-state index in [2.05, 4.69) is 104 Å². The SMILES string of the molecule is CC(C)CCc1cccc(C(C)C)c1.CC(C)CCc1cccc(C(C)C)c1. The van der Waals surface area contributed by atoms with Crippen molar-refractivity contribution >= 4 is 0 Å². The molecule has 156 valence electrons. The van der Waals surface area contributed by atoms with E-state index in [1.165, 1.54) is 47.9 Å². The molecule has 0 saturated heterocycles. The average Bonchev–Trinajstić information content (AvgIpc) is 2.65. The predicted molar refractivity (Wildman–Crippen MR) is 127 cm³/mol. The molecule has 28 heavy (non-hydrogen) atoms. The first-order chi connectivity index (χ1) is 13.2. The van der Waals surface area contributed by atoms with Crippen LogP contribution in [0.4, 0.5) is 0 Å². The first-order valence-corrected chi connectivity index (χ1v) is 11.4. The van der Waals surface area contributed by atoms with Gasteiger partial charge in [0.1, 0.15) is 0 Å². The Morgan fingerprint density at radius 2 is 0.893 bits per heavy atom. The Hall–Kier alpha value is -1.56. The first-order valence-electron chi connectivity index (χ1n) is 11.4. The Bertz CT molecular complexity index is 602. The van der Waals surface area contributed by atoms with Crippen molar-refractivity contribution in [3.05, 3.63) is 70.8 Å². The van der Waals surface area contributed by atoms with Crippen LogP contribution in [-0.2, 0) is 12.8 Å². The second-order valence-corrected chi connectivity index (χ2v) is 9.66. The third kappa shape index (κ3) is 10.1. The molecule has 0 radical (unpaired) electrons. The zero-order valence-corrected chi connectivity index (χ0v) is 19.8. The summed E-state index contributed by atoms with van der Waals surface area (Å²) in [6, 6.07) is 18.0. The summed E-state index contributed by atoms with van der Waals surface area (Å²) in [5, 5.41) is 0. The molecule has 0 N–H and O–H groups in total. The minimum atomic E-state index is 0.647. The fourth-order valence-corrected chi connectivity index (χ4v) is 3.13. The van der Waals surface area contributed by atoms with Gasteiger partial charge in [-0.1, -0.05) is 104 Å². The number of benzene rings is 2. The van der Waals surface area contributed by atoms with Crippen molar-refractivity contribution in [2.75, 3.05) is 0 Å². The third-order valence-corrected chi connectivity index (χ3v) is 5.26. The molecular weight excluding hydrogens is 336 g/mol. The van der Waals surface area contributed by atoms with Crippen LogP contribution in [0.1, 0.15) is 102 Å². The minimum Gasteiger partial charge on any atom is -0.0628 e. The summed E-state index contributed by atoms with van der Waals surface area (Å²) < 4.78 is 0. The Morgan fingerprint density at radius 1 is 0.536 bits per heavy atom. The van der Waals surface area contributed by atoms with Crippen LogP contribution in [0.3, 0.4) is 0 Å². The topological polar surface area (TPSA) is 0 Å². The van der Waals surface area contributed by atoms with Crippen LogP contribution in [0.15, 0.2) is 48.5 Å². The molecule has 0 aliphatic heterocycles. The molecule has 0 bridgehead atoms. The maximum absolute atomic E-state index is 2.35. The van der Waals surface area contributed by atoms with Gasteiger partial charge in [-0.15, -0.1) is 0 Å². The second-order valence-electron chi connectivity index (χ2n) is 9.66. The van der Waals surface area contributed by atoms with E-state index in [1.807, 2.05) is 0 Å². The van der Waals surface area contributed by atoms with E-state index in [4.69, 9.17) is 0 Å². The molecule has 0 spiro atoms. The highest BCUT2D eigenvalue weighted by Crippen LogP contribution is 2.18. The zero-order valence-electron chi connectivity index (χ0n) is 19.8. The molecule has 0 aliphatic carbocycles. The fraction of sp³-hybridized carbons (Fsp3) is 0.571. The molecule has 0 heteroatoms. The number of hydrogen-bond donors (Lipinski definition) is 0. The molecule has 2 aromatic carbocycles. The molecule has 0 nitrogen and oxygen atoms in total. The van der Waals surface area contributed by atoms with Gasteiger partial charge in [-0.2, -0.15) is 0 Å². The van der Waals surface area contributed by atoms with Crippen molar-refractivity contribution in [3.8, 4) is 0 Å². The van der Waals surface area contributed by atoms with E-state index < -0.39 is 0 Å². The maximum Gasteiger partial charge on any atom is -0.0219 e. The standard InChI is InChI=1S/2C14H22/c2*1-11(2)8-9-13-6-5-7-14(10-13)12(3)4/h2*5-7,10-12H,8-9H2,1-4H3. The highest BCUT2D eigenvalue weighted by Gasteiger charge is 2.02. The van der Waals surface area contributed by atoms with Gasteiger partial charge in [-0.3, -0.25) is 0 Å². The molecule has 0 heterocycles. The van der Waals surface area contributed by atoms with E-state index in [-0.39, 0.29) is 0 Å². The highest BCUT2D eigenvalue weighted by atomic mass is 14.1. The molecule has 0 amide bonds. The minimum absolute atomic E-state index is 0.647.